The molecule has 2 heterocycles. The van der Waals surface area contributed by atoms with E-state index in [0.717, 1.165) is 23.9 Å². The highest BCUT2D eigenvalue weighted by molar-refractivity contribution is 7.13. The number of hydrogen-bond donors (Lipinski definition) is 0. The molecule has 0 bridgehead atoms. The number of esters is 1. The maximum Gasteiger partial charge on any atom is 0.306 e. The Morgan fingerprint density at radius 1 is 1.62 bits per heavy atom. The molecule has 0 N–H and O–H groups in total. The maximum atomic E-state index is 11.4. The van der Waals surface area contributed by atoms with Gasteiger partial charge in [-0.25, -0.2) is 4.98 Å². The smallest absolute Gasteiger partial charge is 0.306 e. The molecule has 1 aliphatic rings. The monoisotopic (exact) mass is 312 g/mol. The number of carbonyl (C=O) groups is 1. The number of carbonyl (C=O) groups excluding carboxylic acids is 1. The van der Waals surface area contributed by atoms with Crippen LogP contribution in [0.1, 0.15) is 39.8 Å². The molecule has 0 radical (unpaired) electrons. The van der Waals surface area contributed by atoms with Gasteiger partial charge in [0, 0.05) is 24.9 Å². The summed E-state index contributed by atoms with van der Waals surface area (Å²) < 4.78 is 10.8. The van der Waals surface area contributed by atoms with Crippen molar-refractivity contribution in [3.8, 4) is 0 Å². The van der Waals surface area contributed by atoms with Gasteiger partial charge in [-0.1, -0.05) is 0 Å². The summed E-state index contributed by atoms with van der Waals surface area (Å²) in [6, 6.07) is 0. The molecular formula is C15H24N2O3S. The summed E-state index contributed by atoms with van der Waals surface area (Å²) >= 11 is 1.63. The normalized spacial score (nSPS) is 21.3. The summed E-state index contributed by atoms with van der Waals surface area (Å²) in [7, 11) is 0. The molecule has 2 rings (SSSR count). The minimum absolute atomic E-state index is 0.158. The van der Waals surface area contributed by atoms with Gasteiger partial charge in [-0.2, -0.15) is 0 Å². The van der Waals surface area contributed by atoms with Gasteiger partial charge in [0.15, 0.2) is 5.13 Å². The van der Waals surface area contributed by atoms with Gasteiger partial charge in [-0.15, -0.1) is 11.3 Å². The van der Waals surface area contributed by atoms with Crippen LogP contribution in [-0.2, 0) is 20.7 Å². The lowest BCUT2D eigenvalue weighted by Crippen LogP contribution is -2.52. The summed E-state index contributed by atoms with van der Waals surface area (Å²) in [5.41, 5.74) is 0.800. The fourth-order valence-electron chi connectivity index (χ4n) is 2.62. The van der Waals surface area contributed by atoms with Crippen molar-refractivity contribution in [1.29, 1.82) is 0 Å². The Hall–Kier alpha value is -1.14. The number of hydrogen-bond acceptors (Lipinski definition) is 6. The van der Waals surface area contributed by atoms with Gasteiger partial charge in [-0.3, -0.25) is 4.79 Å². The van der Waals surface area contributed by atoms with Crippen LogP contribution in [0.2, 0.25) is 0 Å². The van der Waals surface area contributed by atoms with Gasteiger partial charge < -0.3 is 14.4 Å². The Morgan fingerprint density at radius 2 is 2.38 bits per heavy atom. The standard InChI is InChI=1S/C15H24N2O3S/c1-5-19-13(18)7-6-12-9-21-14(16-12)17-8-11(2)20-15(3,4)10-17/h9,11H,5-8,10H2,1-4H3. The molecule has 1 aromatic heterocycles. The Labute approximate surface area is 130 Å². The van der Waals surface area contributed by atoms with E-state index in [1.807, 2.05) is 12.3 Å². The van der Waals surface area contributed by atoms with Gasteiger partial charge in [-0.05, 0) is 27.7 Å². The lowest BCUT2D eigenvalue weighted by Gasteiger charge is -2.41. The fourth-order valence-corrected chi connectivity index (χ4v) is 3.49. The summed E-state index contributed by atoms with van der Waals surface area (Å²) in [4.78, 5) is 18.3. The Bertz CT molecular complexity index is 487. The zero-order valence-electron chi connectivity index (χ0n) is 13.2. The molecular weight excluding hydrogens is 288 g/mol. The third-order valence-corrected chi connectivity index (χ3v) is 4.22. The molecule has 0 aromatic carbocycles. The Kier molecular flexibility index (Phi) is 5.22. The van der Waals surface area contributed by atoms with Crippen molar-refractivity contribution in [3.63, 3.8) is 0 Å². The van der Waals surface area contributed by atoms with Crippen LogP contribution in [0, 0.1) is 0 Å². The average Bonchev–Trinajstić information content (AvgIpc) is 2.83. The lowest BCUT2D eigenvalue weighted by molar-refractivity contribution is -0.143. The first-order valence-corrected chi connectivity index (χ1v) is 8.30. The van der Waals surface area contributed by atoms with Crippen LogP contribution in [0.5, 0.6) is 0 Å². The molecule has 118 valence electrons. The first kappa shape index (κ1) is 16.2. The van der Waals surface area contributed by atoms with Gasteiger partial charge in [0.05, 0.1) is 30.4 Å². The number of thiazole rings is 1. The number of aromatic nitrogens is 1. The highest BCUT2D eigenvalue weighted by Crippen LogP contribution is 2.28. The number of rotatable bonds is 5. The number of nitrogens with zero attached hydrogens (tertiary/aromatic N) is 2. The highest BCUT2D eigenvalue weighted by atomic mass is 32.1. The average molecular weight is 312 g/mol. The van der Waals surface area contributed by atoms with Crippen LogP contribution < -0.4 is 4.90 Å². The molecule has 6 heteroatoms. The van der Waals surface area contributed by atoms with Crippen molar-refractivity contribution < 1.29 is 14.3 Å². The zero-order valence-corrected chi connectivity index (χ0v) is 14.0. The molecule has 0 saturated carbocycles. The molecule has 1 aromatic rings. The van der Waals surface area contributed by atoms with E-state index in [4.69, 9.17) is 9.47 Å². The highest BCUT2D eigenvalue weighted by Gasteiger charge is 2.32. The third kappa shape index (κ3) is 4.68. The number of morpholine rings is 1. The summed E-state index contributed by atoms with van der Waals surface area (Å²) in [5, 5.41) is 3.04. The predicted molar refractivity (Wildman–Crippen MR) is 83.9 cm³/mol. The van der Waals surface area contributed by atoms with E-state index in [1.165, 1.54) is 0 Å². The van der Waals surface area contributed by atoms with Crippen molar-refractivity contribution in [3.05, 3.63) is 11.1 Å². The Morgan fingerprint density at radius 3 is 3.05 bits per heavy atom. The molecule has 0 aliphatic carbocycles. The van der Waals surface area contributed by atoms with Crippen LogP contribution >= 0.6 is 11.3 Å². The zero-order chi connectivity index (χ0) is 15.5. The first-order chi connectivity index (χ1) is 9.89. The fraction of sp³-hybridized carbons (Fsp3) is 0.733. The molecule has 21 heavy (non-hydrogen) atoms. The number of aryl methyl sites for hydroxylation is 1. The molecule has 0 spiro atoms. The summed E-state index contributed by atoms with van der Waals surface area (Å²) in [5.74, 6) is -0.159. The van der Waals surface area contributed by atoms with Crippen molar-refractivity contribution in [2.24, 2.45) is 0 Å². The van der Waals surface area contributed by atoms with Gasteiger partial charge in [0.1, 0.15) is 0 Å². The van der Waals surface area contributed by atoms with E-state index in [-0.39, 0.29) is 17.7 Å². The van der Waals surface area contributed by atoms with E-state index < -0.39 is 0 Å². The lowest BCUT2D eigenvalue weighted by atomic mass is 10.1. The van der Waals surface area contributed by atoms with Crippen molar-refractivity contribution in [1.82, 2.24) is 4.98 Å². The molecule has 1 aliphatic heterocycles. The van der Waals surface area contributed by atoms with E-state index in [9.17, 15) is 4.79 Å². The third-order valence-electron chi connectivity index (χ3n) is 3.27. The predicted octanol–water partition coefficient (Wildman–Crippen LogP) is 2.64. The number of anilines is 1. The van der Waals surface area contributed by atoms with E-state index in [0.29, 0.717) is 19.4 Å². The topological polar surface area (TPSA) is 51.7 Å². The first-order valence-electron chi connectivity index (χ1n) is 7.42. The second kappa shape index (κ2) is 6.75. The van der Waals surface area contributed by atoms with Crippen LogP contribution in [0.15, 0.2) is 5.38 Å². The van der Waals surface area contributed by atoms with E-state index in [1.54, 1.807) is 11.3 Å². The molecule has 1 unspecified atom stereocenters. The van der Waals surface area contributed by atoms with Crippen molar-refractivity contribution in [2.45, 2.75) is 52.2 Å². The second-order valence-electron chi connectivity index (χ2n) is 6.00. The largest absolute Gasteiger partial charge is 0.466 e. The SMILES string of the molecule is CCOC(=O)CCc1csc(N2CC(C)OC(C)(C)C2)n1. The van der Waals surface area contributed by atoms with Gasteiger partial charge in [0.2, 0.25) is 0 Å². The molecule has 1 fully saturated rings. The van der Waals surface area contributed by atoms with Gasteiger partial charge >= 0.3 is 5.97 Å². The Balaban J connectivity index is 1.94. The maximum absolute atomic E-state index is 11.4. The van der Waals surface area contributed by atoms with E-state index in [2.05, 4.69) is 30.7 Å². The van der Waals surface area contributed by atoms with Gasteiger partial charge in [0.25, 0.3) is 0 Å². The molecule has 1 saturated heterocycles. The van der Waals surface area contributed by atoms with Crippen molar-refractivity contribution in [2.75, 3.05) is 24.6 Å². The molecule has 0 amide bonds. The van der Waals surface area contributed by atoms with Crippen LogP contribution in [0.3, 0.4) is 0 Å². The quantitative estimate of drug-likeness (QED) is 0.782. The van der Waals surface area contributed by atoms with Crippen LogP contribution in [0.4, 0.5) is 5.13 Å². The van der Waals surface area contributed by atoms with Crippen LogP contribution in [-0.4, -0.2) is 42.4 Å². The van der Waals surface area contributed by atoms with Crippen molar-refractivity contribution >= 4 is 22.4 Å². The minimum Gasteiger partial charge on any atom is -0.466 e. The number of ether oxygens (including phenoxy) is 2. The van der Waals surface area contributed by atoms with Crippen LogP contribution in [0.25, 0.3) is 0 Å². The second-order valence-corrected chi connectivity index (χ2v) is 6.83. The summed E-state index contributed by atoms with van der Waals surface area (Å²) in [6.07, 6.45) is 1.22. The summed E-state index contributed by atoms with van der Waals surface area (Å²) in [6.45, 7) is 10.2. The molecule has 1 atom stereocenters. The molecule has 5 nitrogen and oxygen atoms in total. The minimum atomic E-state index is -0.159. The van der Waals surface area contributed by atoms with E-state index >= 15 is 0 Å².